The summed E-state index contributed by atoms with van der Waals surface area (Å²) in [5, 5.41) is 0.0398. The van der Waals surface area contributed by atoms with Crippen LogP contribution in [0.15, 0.2) is 24.3 Å². The highest BCUT2D eigenvalue weighted by Gasteiger charge is 2.11. The van der Waals surface area contributed by atoms with Gasteiger partial charge in [0.25, 0.3) is 0 Å². The van der Waals surface area contributed by atoms with Crippen molar-refractivity contribution in [2.75, 3.05) is 19.6 Å². The zero-order valence-corrected chi connectivity index (χ0v) is 12.6. The van der Waals surface area contributed by atoms with Gasteiger partial charge in [0.15, 0.2) is 0 Å². The summed E-state index contributed by atoms with van der Waals surface area (Å²) in [6.45, 7) is 11.3. The van der Waals surface area contributed by atoms with Crippen molar-refractivity contribution in [3.8, 4) is 5.75 Å². The standard InChI is InChI=1S/C15H24ClNO/c1-5-17(6-2)11-15(16)13-7-9-14(10-8-13)18-12(3)4/h7-10,12,15H,5-6,11H2,1-4H3. The molecule has 0 fully saturated rings. The number of ether oxygens (including phenoxy) is 1. The predicted molar refractivity (Wildman–Crippen MR) is 78.6 cm³/mol. The highest BCUT2D eigenvalue weighted by molar-refractivity contribution is 6.21. The largest absolute Gasteiger partial charge is 0.491 e. The molecule has 0 amide bonds. The van der Waals surface area contributed by atoms with Crippen molar-refractivity contribution in [2.24, 2.45) is 0 Å². The van der Waals surface area contributed by atoms with E-state index in [-0.39, 0.29) is 11.5 Å². The first-order chi connectivity index (χ1) is 8.56. The fourth-order valence-electron chi connectivity index (χ4n) is 1.84. The minimum absolute atomic E-state index is 0.0398. The summed E-state index contributed by atoms with van der Waals surface area (Å²) in [6.07, 6.45) is 0.207. The first-order valence-corrected chi connectivity index (χ1v) is 7.13. The Morgan fingerprint density at radius 3 is 2.11 bits per heavy atom. The molecule has 0 bridgehead atoms. The Hall–Kier alpha value is -0.730. The summed E-state index contributed by atoms with van der Waals surface area (Å²) in [6, 6.07) is 8.09. The number of halogens is 1. The van der Waals surface area contributed by atoms with Gasteiger partial charge in [0.2, 0.25) is 0 Å². The van der Waals surface area contributed by atoms with E-state index in [9.17, 15) is 0 Å². The van der Waals surface area contributed by atoms with Gasteiger partial charge in [-0.15, -0.1) is 11.6 Å². The summed E-state index contributed by atoms with van der Waals surface area (Å²) >= 11 is 6.43. The summed E-state index contributed by atoms with van der Waals surface area (Å²) in [7, 11) is 0. The molecule has 0 N–H and O–H groups in total. The molecule has 1 aromatic carbocycles. The van der Waals surface area contributed by atoms with Crippen molar-refractivity contribution in [1.82, 2.24) is 4.90 Å². The van der Waals surface area contributed by atoms with E-state index in [1.165, 1.54) is 0 Å². The van der Waals surface area contributed by atoms with Crippen LogP contribution in [-0.2, 0) is 0 Å². The molecule has 2 nitrogen and oxygen atoms in total. The maximum atomic E-state index is 6.43. The molecule has 0 aromatic heterocycles. The van der Waals surface area contributed by atoms with Crippen LogP contribution in [0.3, 0.4) is 0 Å². The molecular weight excluding hydrogens is 246 g/mol. The van der Waals surface area contributed by atoms with Gasteiger partial charge >= 0.3 is 0 Å². The fourth-order valence-corrected chi connectivity index (χ4v) is 2.18. The zero-order chi connectivity index (χ0) is 13.5. The van der Waals surface area contributed by atoms with E-state index in [1.807, 2.05) is 26.0 Å². The van der Waals surface area contributed by atoms with E-state index in [2.05, 4.69) is 30.9 Å². The lowest BCUT2D eigenvalue weighted by Gasteiger charge is -2.21. The van der Waals surface area contributed by atoms with Gasteiger partial charge in [-0.2, -0.15) is 0 Å². The number of likely N-dealkylation sites (N-methyl/N-ethyl adjacent to an activating group) is 1. The Morgan fingerprint density at radius 1 is 1.11 bits per heavy atom. The van der Waals surface area contributed by atoms with Crippen molar-refractivity contribution < 1.29 is 4.74 Å². The Balaban J connectivity index is 2.61. The Labute approximate surface area is 116 Å². The molecule has 1 aromatic rings. The molecule has 0 saturated heterocycles. The van der Waals surface area contributed by atoms with Gasteiger partial charge in [0.05, 0.1) is 11.5 Å². The molecule has 3 heteroatoms. The van der Waals surface area contributed by atoms with E-state index in [1.54, 1.807) is 0 Å². The third-order valence-electron chi connectivity index (χ3n) is 2.93. The van der Waals surface area contributed by atoms with Gasteiger partial charge in [-0.1, -0.05) is 26.0 Å². The summed E-state index contributed by atoms with van der Waals surface area (Å²) in [5.74, 6) is 0.903. The molecular formula is C15H24ClNO. The molecule has 0 heterocycles. The third-order valence-corrected chi connectivity index (χ3v) is 3.32. The monoisotopic (exact) mass is 269 g/mol. The number of nitrogens with zero attached hydrogens (tertiary/aromatic N) is 1. The Kier molecular flexibility index (Phi) is 6.51. The number of alkyl halides is 1. The maximum Gasteiger partial charge on any atom is 0.119 e. The molecule has 0 aliphatic carbocycles. The highest BCUT2D eigenvalue weighted by atomic mass is 35.5. The second kappa shape index (κ2) is 7.65. The molecule has 1 atom stereocenters. The van der Waals surface area contributed by atoms with Crippen LogP contribution >= 0.6 is 11.6 Å². The highest BCUT2D eigenvalue weighted by Crippen LogP contribution is 2.24. The number of hydrogen-bond donors (Lipinski definition) is 0. The maximum absolute atomic E-state index is 6.43. The van der Waals surface area contributed by atoms with Crippen LogP contribution in [0.5, 0.6) is 5.75 Å². The van der Waals surface area contributed by atoms with Crippen LogP contribution in [0.25, 0.3) is 0 Å². The van der Waals surface area contributed by atoms with Gasteiger partial charge in [0, 0.05) is 6.54 Å². The minimum atomic E-state index is 0.0398. The van der Waals surface area contributed by atoms with Gasteiger partial charge in [-0.3, -0.25) is 0 Å². The molecule has 0 spiro atoms. The minimum Gasteiger partial charge on any atom is -0.491 e. The Bertz CT molecular complexity index is 333. The van der Waals surface area contributed by atoms with Gasteiger partial charge < -0.3 is 9.64 Å². The third kappa shape index (κ3) is 4.87. The number of hydrogen-bond acceptors (Lipinski definition) is 2. The average Bonchev–Trinajstić information content (AvgIpc) is 2.35. The molecule has 102 valence electrons. The first-order valence-electron chi connectivity index (χ1n) is 6.69. The molecule has 18 heavy (non-hydrogen) atoms. The van der Waals surface area contributed by atoms with Gasteiger partial charge in [-0.25, -0.2) is 0 Å². The van der Waals surface area contributed by atoms with Crippen molar-refractivity contribution in [3.05, 3.63) is 29.8 Å². The van der Waals surface area contributed by atoms with Crippen molar-refractivity contribution >= 4 is 11.6 Å². The molecule has 0 aliphatic rings. The van der Waals surface area contributed by atoms with E-state index in [0.717, 1.165) is 30.9 Å². The van der Waals surface area contributed by atoms with E-state index >= 15 is 0 Å². The number of rotatable bonds is 7. The molecule has 1 unspecified atom stereocenters. The van der Waals surface area contributed by atoms with Crippen LogP contribution < -0.4 is 4.74 Å². The van der Waals surface area contributed by atoms with Crippen LogP contribution in [-0.4, -0.2) is 30.6 Å². The molecule has 0 radical (unpaired) electrons. The van der Waals surface area contributed by atoms with Crippen LogP contribution in [0.1, 0.15) is 38.6 Å². The van der Waals surface area contributed by atoms with Crippen molar-refractivity contribution in [3.63, 3.8) is 0 Å². The Morgan fingerprint density at radius 2 is 1.67 bits per heavy atom. The second-order valence-electron chi connectivity index (χ2n) is 4.69. The lowest BCUT2D eigenvalue weighted by Crippen LogP contribution is -2.26. The smallest absolute Gasteiger partial charge is 0.119 e. The summed E-state index contributed by atoms with van der Waals surface area (Å²) < 4.78 is 5.62. The van der Waals surface area contributed by atoms with E-state index in [0.29, 0.717) is 0 Å². The fraction of sp³-hybridized carbons (Fsp3) is 0.600. The zero-order valence-electron chi connectivity index (χ0n) is 11.8. The topological polar surface area (TPSA) is 12.5 Å². The van der Waals surface area contributed by atoms with Crippen LogP contribution in [0.4, 0.5) is 0 Å². The first kappa shape index (κ1) is 15.3. The average molecular weight is 270 g/mol. The normalized spacial score (nSPS) is 13.1. The molecule has 0 saturated carbocycles. The van der Waals surface area contributed by atoms with Crippen molar-refractivity contribution in [2.45, 2.75) is 39.2 Å². The quantitative estimate of drug-likeness (QED) is 0.691. The summed E-state index contributed by atoms with van der Waals surface area (Å²) in [5.41, 5.74) is 1.15. The predicted octanol–water partition coefficient (Wildman–Crippen LogP) is 4.10. The molecule has 0 aliphatic heterocycles. The van der Waals surface area contributed by atoms with Gasteiger partial charge in [-0.05, 0) is 44.6 Å². The van der Waals surface area contributed by atoms with Gasteiger partial charge in [0.1, 0.15) is 5.75 Å². The van der Waals surface area contributed by atoms with Crippen LogP contribution in [0, 0.1) is 0 Å². The van der Waals surface area contributed by atoms with E-state index < -0.39 is 0 Å². The lowest BCUT2D eigenvalue weighted by molar-refractivity contribution is 0.242. The van der Waals surface area contributed by atoms with Crippen molar-refractivity contribution in [1.29, 1.82) is 0 Å². The molecule has 1 rings (SSSR count). The van der Waals surface area contributed by atoms with E-state index in [4.69, 9.17) is 16.3 Å². The number of benzene rings is 1. The second-order valence-corrected chi connectivity index (χ2v) is 5.22. The lowest BCUT2D eigenvalue weighted by atomic mass is 10.1. The SMILES string of the molecule is CCN(CC)CC(Cl)c1ccc(OC(C)C)cc1. The summed E-state index contributed by atoms with van der Waals surface area (Å²) in [4.78, 5) is 2.33. The van der Waals surface area contributed by atoms with Crippen LogP contribution in [0.2, 0.25) is 0 Å².